The lowest BCUT2D eigenvalue weighted by molar-refractivity contribution is 0.0922. The second-order valence-corrected chi connectivity index (χ2v) is 4.25. The summed E-state index contributed by atoms with van der Waals surface area (Å²) in [6.07, 6.45) is 0. The second kappa shape index (κ2) is 5.21. The summed E-state index contributed by atoms with van der Waals surface area (Å²) < 4.78 is 39.2. The van der Waals surface area contributed by atoms with Crippen molar-refractivity contribution >= 4 is 5.91 Å². The second-order valence-electron chi connectivity index (χ2n) is 4.25. The Labute approximate surface area is 97.8 Å². The van der Waals surface area contributed by atoms with Crippen molar-refractivity contribution in [2.24, 2.45) is 5.92 Å². The fourth-order valence-corrected chi connectivity index (χ4v) is 1.20. The summed E-state index contributed by atoms with van der Waals surface area (Å²) >= 11 is 0. The van der Waals surface area contributed by atoms with Gasteiger partial charge in [0.1, 0.15) is 23.0 Å². The van der Waals surface area contributed by atoms with E-state index >= 15 is 0 Å². The van der Waals surface area contributed by atoms with Crippen LogP contribution in [0.2, 0.25) is 0 Å². The average molecular weight is 245 g/mol. The van der Waals surface area contributed by atoms with E-state index in [2.05, 4.69) is 5.32 Å². The highest BCUT2D eigenvalue weighted by Crippen LogP contribution is 2.15. The van der Waals surface area contributed by atoms with Crippen molar-refractivity contribution in [2.75, 3.05) is 0 Å². The first kappa shape index (κ1) is 13.5. The number of amides is 1. The van der Waals surface area contributed by atoms with E-state index in [1.54, 1.807) is 6.92 Å². The molecule has 0 saturated heterocycles. The van der Waals surface area contributed by atoms with Crippen molar-refractivity contribution in [2.45, 2.75) is 26.8 Å². The monoisotopic (exact) mass is 245 g/mol. The van der Waals surface area contributed by atoms with Gasteiger partial charge in [0.25, 0.3) is 5.91 Å². The van der Waals surface area contributed by atoms with E-state index in [4.69, 9.17) is 0 Å². The number of benzene rings is 1. The molecule has 0 heterocycles. The minimum absolute atomic E-state index is 0.130. The number of carbonyl (C=O) groups is 1. The lowest BCUT2D eigenvalue weighted by Gasteiger charge is -2.17. The number of halogens is 3. The zero-order chi connectivity index (χ0) is 13.2. The maximum atomic E-state index is 13.3. The zero-order valence-corrected chi connectivity index (χ0v) is 9.85. The Morgan fingerprint density at radius 1 is 1.12 bits per heavy atom. The molecule has 0 aliphatic carbocycles. The van der Waals surface area contributed by atoms with Gasteiger partial charge in [-0.2, -0.15) is 0 Å². The van der Waals surface area contributed by atoms with Crippen LogP contribution in [-0.2, 0) is 0 Å². The number of carbonyl (C=O) groups excluding carboxylic acids is 1. The van der Waals surface area contributed by atoms with Gasteiger partial charge in [-0.1, -0.05) is 13.8 Å². The zero-order valence-electron chi connectivity index (χ0n) is 9.85. The molecule has 17 heavy (non-hydrogen) atoms. The van der Waals surface area contributed by atoms with Crippen LogP contribution in [0, 0.1) is 23.4 Å². The van der Waals surface area contributed by atoms with Crippen molar-refractivity contribution in [3.8, 4) is 0 Å². The van der Waals surface area contributed by atoms with E-state index in [0.29, 0.717) is 12.1 Å². The maximum absolute atomic E-state index is 13.3. The van der Waals surface area contributed by atoms with E-state index < -0.39 is 28.9 Å². The third-order valence-electron chi connectivity index (χ3n) is 2.59. The summed E-state index contributed by atoms with van der Waals surface area (Å²) in [6, 6.07) is 0.738. The fourth-order valence-electron chi connectivity index (χ4n) is 1.20. The maximum Gasteiger partial charge on any atom is 0.257 e. The Morgan fingerprint density at radius 2 is 1.59 bits per heavy atom. The molecule has 1 aromatic rings. The molecule has 1 rings (SSSR count). The van der Waals surface area contributed by atoms with Gasteiger partial charge in [-0.25, -0.2) is 13.2 Å². The van der Waals surface area contributed by atoms with Gasteiger partial charge in [-0.15, -0.1) is 0 Å². The van der Waals surface area contributed by atoms with Crippen LogP contribution in [0.4, 0.5) is 13.2 Å². The molecule has 0 spiro atoms. The van der Waals surface area contributed by atoms with Gasteiger partial charge in [-0.05, 0) is 12.8 Å². The predicted octanol–water partition coefficient (Wildman–Crippen LogP) is 2.88. The summed E-state index contributed by atoms with van der Waals surface area (Å²) in [7, 11) is 0. The number of nitrogens with one attached hydrogen (secondary N) is 1. The van der Waals surface area contributed by atoms with Crippen LogP contribution in [-0.4, -0.2) is 11.9 Å². The van der Waals surface area contributed by atoms with E-state index in [1.165, 1.54) is 0 Å². The van der Waals surface area contributed by atoms with E-state index in [-0.39, 0.29) is 12.0 Å². The van der Waals surface area contributed by atoms with Gasteiger partial charge in [0.05, 0.1) is 0 Å². The van der Waals surface area contributed by atoms with E-state index in [0.717, 1.165) is 0 Å². The summed E-state index contributed by atoms with van der Waals surface area (Å²) in [5.41, 5.74) is -0.751. The van der Waals surface area contributed by atoms with Crippen molar-refractivity contribution in [1.82, 2.24) is 5.32 Å². The Balaban J connectivity index is 2.97. The highest BCUT2D eigenvalue weighted by atomic mass is 19.1. The first-order chi connectivity index (χ1) is 7.82. The van der Waals surface area contributed by atoms with Gasteiger partial charge >= 0.3 is 0 Å². The summed E-state index contributed by atoms with van der Waals surface area (Å²) in [5.74, 6) is -4.19. The lowest BCUT2D eigenvalue weighted by atomic mass is 10.1. The average Bonchev–Trinajstić information content (AvgIpc) is 2.15. The number of rotatable bonds is 3. The number of hydrogen-bond donors (Lipinski definition) is 1. The fraction of sp³-hybridized carbons (Fsp3) is 0.417. The highest BCUT2D eigenvalue weighted by Gasteiger charge is 2.21. The third kappa shape index (κ3) is 3.22. The molecule has 1 atom stereocenters. The molecule has 0 aromatic heterocycles. The van der Waals surface area contributed by atoms with Gasteiger partial charge in [0.2, 0.25) is 0 Å². The molecule has 1 N–H and O–H groups in total. The molecule has 0 bridgehead atoms. The van der Waals surface area contributed by atoms with E-state index in [9.17, 15) is 18.0 Å². The molecule has 0 aliphatic heterocycles. The molecule has 0 fully saturated rings. The standard InChI is InChI=1S/C12H14F3NO/c1-6(2)7(3)16-12(17)11-9(14)4-8(13)5-10(11)15/h4-7H,1-3H3,(H,16,17). The third-order valence-corrected chi connectivity index (χ3v) is 2.59. The van der Waals surface area contributed by atoms with Gasteiger partial charge in [0.15, 0.2) is 0 Å². The van der Waals surface area contributed by atoms with Crippen molar-refractivity contribution < 1.29 is 18.0 Å². The number of hydrogen-bond acceptors (Lipinski definition) is 1. The molecule has 1 aromatic carbocycles. The molecule has 1 amide bonds. The molecule has 94 valence electrons. The van der Waals surface area contributed by atoms with Gasteiger partial charge in [0, 0.05) is 18.2 Å². The normalized spacial score (nSPS) is 12.6. The Morgan fingerprint density at radius 3 is 2.00 bits per heavy atom. The predicted molar refractivity (Wildman–Crippen MR) is 58.1 cm³/mol. The molecule has 2 nitrogen and oxygen atoms in total. The molecule has 0 aliphatic rings. The largest absolute Gasteiger partial charge is 0.349 e. The van der Waals surface area contributed by atoms with Crippen LogP contribution in [0.5, 0.6) is 0 Å². The van der Waals surface area contributed by atoms with Crippen LogP contribution < -0.4 is 5.32 Å². The van der Waals surface area contributed by atoms with Crippen LogP contribution in [0.25, 0.3) is 0 Å². The van der Waals surface area contributed by atoms with Crippen LogP contribution >= 0.6 is 0 Å². The van der Waals surface area contributed by atoms with Gasteiger partial charge < -0.3 is 5.32 Å². The smallest absolute Gasteiger partial charge is 0.257 e. The minimum atomic E-state index is -1.20. The summed E-state index contributed by atoms with van der Waals surface area (Å²) in [5, 5.41) is 2.46. The minimum Gasteiger partial charge on any atom is -0.349 e. The van der Waals surface area contributed by atoms with Crippen LogP contribution in [0.3, 0.4) is 0 Å². The van der Waals surface area contributed by atoms with Crippen molar-refractivity contribution in [1.29, 1.82) is 0 Å². The molecule has 0 saturated carbocycles. The first-order valence-electron chi connectivity index (χ1n) is 5.28. The molecular formula is C12H14F3NO. The molecule has 0 radical (unpaired) electrons. The van der Waals surface area contributed by atoms with Crippen molar-refractivity contribution in [3.63, 3.8) is 0 Å². The SMILES string of the molecule is CC(C)C(C)NC(=O)c1c(F)cc(F)cc1F. The first-order valence-corrected chi connectivity index (χ1v) is 5.28. The molecule has 1 unspecified atom stereocenters. The summed E-state index contributed by atoms with van der Waals surface area (Å²) in [6.45, 7) is 5.45. The summed E-state index contributed by atoms with van der Waals surface area (Å²) in [4.78, 5) is 11.6. The lowest BCUT2D eigenvalue weighted by Crippen LogP contribution is -2.37. The quantitative estimate of drug-likeness (QED) is 0.871. The van der Waals surface area contributed by atoms with Crippen LogP contribution in [0.1, 0.15) is 31.1 Å². The van der Waals surface area contributed by atoms with E-state index in [1.807, 2.05) is 13.8 Å². The van der Waals surface area contributed by atoms with Crippen LogP contribution in [0.15, 0.2) is 12.1 Å². The Hall–Kier alpha value is -1.52. The topological polar surface area (TPSA) is 29.1 Å². The highest BCUT2D eigenvalue weighted by molar-refractivity contribution is 5.94. The van der Waals surface area contributed by atoms with Crippen molar-refractivity contribution in [3.05, 3.63) is 35.1 Å². The Kier molecular flexibility index (Phi) is 4.15. The van der Waals surface area contributed by atoms with Gasteiger partial charge in [-0.3, -0.25) is 4.79 Å². The molecule has 5 heteroatoms. The Bertz CT molecular complexity index is 409. The molecular weight excluding hydrogens is 231 g/mol.